The predicted octanol–water partition coefficient (Wildman–Crippen LogP) is 4.47. The van der Waals surface area contributed by atoms with Gasteiger partial charge in [-0.25, -0.2) is 4.98 Å². The van der Waals surface area contributed by atoms with Gasteiger partial charge in [0.25, 0.3) is 0 Å². The van der Waals surface area contributed by atoms with Gasteiger partial charge >= 0.3 is 0 Å². The molecule has 4 aliphatic carbocycles. The molecule has 0 saturated heterocycles. The van der Waals surface area contributed by atoms with Crippen LogP contribution in [0, 0.1) is 23.2 Å². The molecule has 4 aliphatic rings. The molecule has 1 unspecified atom stereocenters. The van der Waals surface area contributed by atoms with Crippen LogP contribution in [0.25, 0.3) is 10.7 Å². The molecule has 2 heterocycles. The van der Waals surface area contributed by atoms with Crippen molar-refractivity contribution in [2.45, 2.75) is 57.9 Å². The molecule has 1 atom stereocenters. The average Bonchev–Trinajstić information content (AvgIpc) is 3.09. The quantitative estimate of drug-likeness (QED) is 0.831. The molecule has 0 aromatic carbocycles. The Labute approximate surface area is 164 Å². The highest BCUT2D eigenvalue weighted by Gasteiger charge is 2.53. The van der Waals surface area contributed by atoms with E-state index in [1.807, 2.05) is 23.6 Å². The highest BCUT2D eigenvalue weighted by atomic mass is 32.1. The lowest BCUT2D eigenvalue weighted by molar-refractivity contribution is -0.125. The van der Waals surface area contributed by atoms with Crippen molar-refractivity contribution in [1.82, 2.24) is 15.3 Å². The summed E-state index contributed by atoms with van der Waals surface area (Å²) in [4.78, 5) is 21.7. The highest BCUT2D eigenvalue weighted by Crippen LogP contribution is 2.61. The molecule has 1 amide bonds. The molecule has 6 rings (SSSR count). The zero-order valence-corrected chi connectivity index (χ0v) is 16.7. The molecule has 2 aromatic heterocycles. The van der Waals surface area contributed by atoms with E-state index in [2.05, 4.69) is 22.2 Å². The molecule has 4 bridgehead atoms. The Bertz CT molecular complexity index is 796. The number of amides is 1. The van der Waals surface area contributed by atoms with Crippen LogP contribution in [0.4, 0.5) is 0 Å². The maximum Gasteiger partial charge on any atom is 0.226 e. The Balaban J connectivity index is 1.23. The Morgan fingerprint density at radius 3 is 2.56 bits per heavy atom. The second-order valence-electron chi connectivity index (χ2n) is 9.10. The first kappa shape index (κ1) is 17.4. The fourth-order valence-electron chi connectivity index (χ4n) is 6.31. The lowest BCUT2D eigenvalue weighted by Crippen LogP contribution is -2.56. The monoisotopic (exact) mass is 381 g/mol. The van der Waals surface area contributed by atoms with E-state index >= 15 is 0 Å². The Morgan fingerprint density at radius 2 is 1.93 bits per heavy atom. The summed E-state index contributed by atoms with van der Waals surface area (Å²) in [6.07, 6.45) is 10.4. The standard InChI is InChI=1S/C22H27N3OS/c1-14(22-10-15-6-16(11-22)8-17(7-15)12-22)24-20(26)9-18-13-27-21(25-18)19-4-2-3-5-23-19/h2-5,13-17H,6-12H2,1H3,(H,24,26). The molecule has 1 N–H and O–H groups in total. The second kappa shape index (κ2) is 6.69. The van der Waals surface area contributed by atoms with Crippen LogP contribution in [0.3, 0.4) is 0 Å². The van der Waals surface area contributed by atoms with Crippen LogP contribution in [-0.2, 0) is 11.2 Å². The lowest BCUT2D eigenvalue weighted by Gasteiger charge is -2.59. The molecular formula is C22H27N3OS. The van der Waals surface area contributed by atoms with Crippen molar-refractivity contribution in [1.29, 1.82) is 0 Å². The number of pyridine rings is 1. The maximum absolute atomic E-state index is 12.7. The van der Waals surface area contributed by atoms with Gasteiger partial charge < -0.3 is 5.32 Å². The van der Waals surface area contributed by atoms with Crippen molar-refractivity contribution in [3.05, 3.63) is 35.5 Å². The SMILES string of the molecule is CC(NC(=O)Cc1csc(-c2ccccn2)n1)C12CC3CC(CC(C3)C1)C2. The van der Waals surface area contributed by atoms with Crippen molar-refractivity contribution in [2.75, 3.05) is 0 Å². The van der Waals surface area contributed by atoms with Gasteiger partial charge in [-0.3, -0.25) is 9.78 Å². The van der Waals surface area contributed by atoms with Gasteiger partial charge in [-0.1, -0.05) is 6.07 Å². The third kappa shape index (κ3) is 3.31. The zero-order valence-electron chi connectivity index (χ0n) is 15.9. The van der Waals surface area contributed by atoms with Crippen LogP contribution in [0.1, 0.15) is 51.1 Å². The largest absolute Gasteiger partial charge is 0.353 e. The van der Waals surface area contributed by atoms with Gasteiger partial charge in [0.05, 0.1) is 17.8 Å². The highest BCUT2D eigenvalue weighted by molar-refractivity contribution is 7.13. The fourth-order valence-corrected chi connectivity index (χ4v) is 7.11. The molecule has 4 saturated carbocycles. The molecule has 0 spiro atoms. The predicted molar refractivity (Wildman–Crippen MR) is 107 cm³/mol. The van der Waals surface area contributed by atoms with E-state index in [1.165, 1.54) is 38.5 Å². The van der Waals surface area contributed by atoms with E-state index in [4.69, 9.17) is 0 Å². The third-order valence-electron chi connectivity index (χ3n) is 7.16. The first-order valence-corrected chi connectivity index (χ1v) is 11.1. The topological polar surface area (TPSA) is 54.9 Å². The van der Waals surface area contributed by atoms with Crippen LogP contribution in [0.2, 0.25) is 0 Å². The first-order valence-electron chi connectivity index (χ1n) is 10.2. The summed E-state index contributed by atoms with van der Waals surface area (Å²) in [5, 5.41) is 6.21. The molecule has 142 valence electrons. The van der Waals surface area contributed by atoms with E-state index in [-0.39, 0.29) is 11.9 Å². The Kier molecular flexibility index (Phi) is 4.30. The van der Waals surface area contributed by atoms with E-state index in [1.54, 1.807) is 17.5 Å². The van der Waals surface area contributed by atoms with Gasteiger partial charge in [0.2, 0.25) is 5.91 Å². The fraction of sp³-hybridized carbons (Fsp3) is 0.591. The molecule has 27 heavy (non-hydrogen) atoms. The number of aromatic nitrogens is 2. The average molecular weight is 382 g/mol. The van der Waals surface area contributed by atoms with Gasteiger partial charge in [0.15, 0.2) is 0 Å². The number of carbonyl (C=O) groups is 1. The van der Waals surface area contributed by atoms with E-state index in [0.29, 0.717) is 11.8 Å². The van der Waals surface area contributed by atoms with Crippen molar-refractivity contribution in [3.63, 3.8) is 0 Å². The summed E-state index contributed by atoms with van der Waals surface area (Å²) in [6, 6.07) is 6.09. The summed E-state index contributed by atoms with van der Waals surface area (Å²) in [5.74, 6) is 2.84. The number of thiazole rings is 1. The normalized spacial score (nSPS) is 32.4. The molecule has 2 aromatic rings. The molecule has 4 nitrogen and oxygen atoms in total. The summed E-state index contributed by atoms with van der Waals surface area (Å²) < 4.78 is 0. The van der Waals surface area contributed by atoms with E-state index in [0.717, 1.165) is 34.1 Å². The van der Waals surface area contributed by atoms with Gasteiger partial charge in [0.1, 0.15) is 5.01 Å². The summed E-state index contributed by atoms with van der Waals surface area (Å²) >= 11 is 1.56. The number of rotatable bonds is 5. The van der Waals surface area contributed by atoms with Crippen LogP contribution < -0.4 is 5.32 Å². The van der Waals surface area contributed by atoms with Gasteiger partial charge in [-0.15, -0.1) is 11.3 Å². The van der Waals surface area contributed by atoms with Gasteiger partial charge in [-0.2, -0.15) is 0 Å². The smallest absolute Gasteiger partial charge is 0.226 e. The number of hydrogen-bond donors (Lipinski definition) is 1. The lowest BCUT2D eigenvalue weighted by atomic mass is 9.48. The van der Waals surface area contributed by atoms with E-state index < -0.39 is 0 Å². The zero-order chi connectivity index (χ0) is 18.4. The summed E-state index contributed by atoms with van der Waals surface area (Å²) in [5.41, 5.74) is 2.07. The third-order valence-corrected chi connectivity index (χ3v) is 8.07. The van der Waals surface area contributed by atoms with Crippen molar-refractivity contribution >= 4 is 17.2 Å². The van der Waals surface area contributed by atoms with Crippen LogP contribution in [0.15, 0.2) is 29.8 Å². The minimum absolute atomic E-state index is 0.108. The molecule has 4 fully saturated rings. The van der Waals surface area contributed by atoms with E-state index in [9.17, 15) is 4.79 Å². The molecular weight excluding hydrogens is 354 g/mol. The summed E-state index contributed by atoms with van der Waals surface area (Å²) in [6.45, 7) is 2.24. The molecule has 0 radical (unpaired) electrons. The first-order chi connectivity index (χ1) is 13.1. The minimum Gasteiger partial charge on any atom is -0.353 e. The number of carbonyl (C=O) groups excluding carboxylic acids is 1. The second-order valence-corrected chi connectivity index (χ2v) is 9.96. The number of nitrogens with zero attached hydrogens (tertiary/aromatic N) is 2. The van der Waals surface area contributed by atoms with Crippen molar-refractivity contribution < 1.29 is 4.79 Å². The number of hydrogen-bond acceptors (Lipinski definition) is 4. The Hall–Kier alpha value is -1.75. The van der Waals surface area contributed by atoms with Gasteiger partial charge in [0, 0.05) is 17.6 Å². The number of nitrogens with one attached hydrogen (secondary N) is 1. The molecule has 0 aliphatic heterocycles. The Morgan fingerprint density at radius 1 is 1.22 bits per heavy atom. The minimum atomic E-state index is 0.108. The van der Waals surface area contributed by atoms with Gasteiger partial charge in [-0.05, 0) is 80.8 Å². The van der Waals surface area contributed by atoms with Crippen LogP contribution in [0.5, 0.6) is 0 Å². The van der Waals surface area contributed by atoms with Crippen molar-refractivity contribution in [3.8, 4) is 10.7 Å². The molecule has 5 heteroatoms. The van der Waals surface area contributed by atoms with Crippen LogP contribution in [-0.4, -0.2) is 21.9 Å². The maximum atomic E-state index is 12.7. The van der Waals surface area contributed by atoms with Crippen molar-refractivity contribution in [2.24, 2.45) is 23.2 Å². The summed E-state index contributed by atoms with van der Waals surface area (Å²) in [7, 11) is 0. The van der Waals surface area contributed by atoms with Crippen LogP contribution >= 0.6 is 11.3 Å².